The zero-order chi connectivity index (χ0) is 21.1. The Balaban J connectivity index is 0.000000292. The number of hydrogen-bond donors (Lipinski definition) is 0. The van der Waals surface area contributed by atoms with Crippen molar-refractivity contribution in [2.45, 2.75) is 28.7 Å². The van der Waals surface area contributed by atoms with Crippen molar-refractivity contribution in [1.29, 1.82) is 0 Å². The molecule has 8 nitrogen and oxygen atoms in total. The standard InChI is InChI=1S/C10H7ClN2O2.C10H8N2O2.2CH4/c1-6-2-7-4-8(11)5-12-10(7)9(3-6)13(14)15;1-7-5-8-3-2-4-11-10(8)9(6-7)12(13)14;;/h2-5H,1H3;2-6H,1H3;2*1H4. The van der Waals surface area contributed by atoms with E-state index in [2.05, 4.69) is 9.97 Å². The van der Waals surface area contributed by atoms with Gasteiger partial charge in [0.2, 0.25) is 0 Å². The van der Waals surface area contributed by atoms with Crippen molar-refractivity contribution >= 4 is 44.8 Å². The second-order valence-electron chi connectivity index (χ2n) is 6.38. The van der Waals surface area contributed by atoms with Crippen LogP contribution in [0.5, 0.6) is 0 Å². The number of nitro groups is 2. The van der Waals surface area contributed by atoms with Gasteiger partial charge in [-0.1, -0.05) is 32.5 Å². The Morgan fingerprint density at radius 1 is 0.806 bits per heavy atom. The minimum Gasteiger partial charge on any atom is -0.258 e. The van der Waals surface area contributed by atoms with Gasteiger partial charge < -0.3 is 0 Å². The molecule has 0 radical (unpaired) electrons. The van der Waals surface area contributed by atoms with Gasteiger partial charge in [-0.05, 0) is 49.2 Å². The van der Waals surface area contributed by atoms with Gasteiger partial charge in [0.05, 0.1) is 14.9 Å². The van der Waals surface area contributed by atoms with E-state index >= 15 is 0 Å². The van der Waals surface area contributed by atoms with E-state index in [0.717, 1.165) is 16.5 Å². The second kappa shape index (κ2) is 10.4. The summed E-state index contributed by atoms with van der Waals surface area (Å²) >= 11 is 5.77. The Morgan fingerprint density at radius 3 is 1.87 bits per heavy atom. The fraction of sp³-hybridized carbons (Fsp3) is 0.182. The van der Waals surface area contributed by atoms with Gasteiger partial charge in [0.25, 0.3) is 11.4 Å². The third-order valence-corrected chi connectivity index (χ3v) is 4.30. The maximum absolute atomic E-state index is 10.8. The van der Waals surface area contributed by atoms with Crippen molar-refractivity contribution in [1.82, 2.24) is 9.97 Å². The SMILES string of the molecule is C.C.Cc1cc([N+](=O)[O-])c2ncc(Cl)cc2c1.Cc1cc([N+](=O)[O-])c2ncccc2c1. The van der Waals surface area contributed by atoms with Crippen LogP contribution < -0.4 is 0 Å². The molecule has 0 unspecified atom stereocenters. The van der Waals surface area contributed by atoms with Crippen LogP contribution in [0.15, 0.2) is 54.9 Å². The molecule has 2 aromatic carbocycles. The van der Waals surface area contributed by atoms with E-state index < -0.39 is 9.85 Å². The van der Waals surface area contributed by atoms with Gasteiger partial charge in [0.1, 0.15) is 11.0 Å². The molecule has 0 N–H and O–H groups in total. The molecule has 0 spiro atoms. The van der Waals surface area contributed by atoms with E-state index in [1.165, 1.54) is 18.3 Å². The molecule has 0 aliphatic rings. The summed E-state index contributed by atoms with van der Waals surface area (Å²) in [7, 11) is 0. The number of nitrogens with zero attached hydrogens (tertiary/aromatic N) is 4. The molecule has 0 aliphatic heterocycles. The van der Waals surface area contributed by atoms with Gasteiger partial charge in [-0.3, -0.25) is 20.2 Å². The first-order chi connectivity index (χ1) is 13.8. The predicted octanol–water partition coefficient (Wildman–Crippen LogP) is 6.83. The van der Waals surface area contributed by atoms with Crippen LogP contribution in [0.25, 0.3) is 21.8 Å². The first-order valence-electron chi connectivity index (χ1n) is 8.46. The molecule has 0 atom stereocenters. The number of non-ortho nitro benzene ring substituents is 2. The zero-order valence-electron chi connectivity index (χ0n) is 15.5. The Morgan fingerprint density at radius 2 is 1.32 bits per heavy atom. The normalized spacial score (nSPS) is 9.77. The number of pyridine rings is 2. The molecule has 4 rings (SSSR count). The maximum atomic E-state index is 10.8. The summed E-state index contributed by atoms with van der Waals surface area (Å²) < 4.78 is 0. The van der Waals surface area contributed by atoms with Crippen LogP contribution >= 0.6 is 11.6 Å². The molecule has 9 heteroatoms. The number of fused-ring (bicyclic) bond motifs is 2. The minimum atomic E-state index is -0.434. The molecule has 2 heterocycles. The van der Waals surface area contributed by atoms with Gasteiger partial charge in [0.15, 0.2) is 0 Å². The number of hydrogen-bond acceptors (Lipinski definition) is 6. The van der Waals surface area contributed by atoms with Crippen LogP contribution in [-0.2, 0) is 0 Å². The smallest absolute Gasteiger partial charge is 0.258 e. The molecule has 0 amide bonds. The van der Waals surface area contributed by atoms with E-state index in [1.54, 1.807) is 25.3 Å². The predicted molar refractivity (Wildman–Crippen MR) is 125 cm³/mol. The highest BCUT2D eigenvalue weighted by Crippen LogP contribution is 2.27. The van der Waals surface area contributed by atoms with Crippen LogP contribution in [0.2, 0.25) is 5.02 Å². The summed E-state index contributed by atoms with van der Waals surface area (Å²) in [5.41, 5.74) is 2.59. The minimum absolute atomic E-state index is 0. The van der Waals surface area contributed by atoms with Gasteiger partial charge >= 0.3 is 0 Å². The van der Waals surface area contributed by atoms with Crippen molar-refractivity contribution in [2.24, 2.45) is 0 Å². The molecule has 2 aromatic heterocycles. The number of nitro benzene ring substituents is 2. The van der Waals surface area contributed by atoms with E-state index in [4.69, 9.17) is 11.6 Å². The highest BCUT2D eigenvalue weighted by molar-refractivity contribution is 6.31. The van der Waals surface area contributed by atoms with Crippen LogP contribution in [0, 0.1) is 34.1 Å². The quantitative estimate of drug-likeness (QED) is 0.248. The third-order valence-electron chi connectivity index (χ3n) is 4.10. The Hall–Kier alpha value is -3.65. The number of halogens is 1. The molecule has 4 aromatic rings. The fourth-order valence-electron chi connectivity index (χ4n) is 2.95. The third kappa shape index (κ3) is 5.70. The zero-order valence-corrected chi connectivity index (χ0v) is 16.3. The van der Waals surface area contributed by atoms with E-state index in [9.17, 15) is 20.2 Å². The fourth-order valence-corrected chi connectivity index (χ4v) is 3.11. The van der Waals surface area contributed by atoms with E-state index in [0.29, 0.717) is 21.4 Å². The van der Waals surface area contributed by atoms with Gasteiger partial charge in [-0.25, -0.2) is 9.97 Å². The molecular formula is C22H23ClN4O4. The van der Waals surface area contributed by atoms with E-state index in [1.807, 2.05) is 25.1 Å². The molecule has 0 saturated heterocycles. The lowest BCUT2D eigenvalue weighted by atomic mass is 10.1. The lowest BCUT2D eigenvalue weighted by molar-refractivity contribution is -0.383. The highest BCUT2D eigenvalue weighted by atomic mass is 35.5. The number of rotatable bonds is 2. The second-order valence-corrected chi connectivity index (χ2v) is 6.82. The summed E-state index contributed by atoms with van der Waals surface area (Å²) in [6.07, 6.45) is 2.97. The molecule has 0 bridgehead atoms. The summed E-state index contributed by atoms with van der Waals surface area (Å²) in [5, 5.41) is 23.5. The first kappa shape index (κ1) is 25.4. The van der Waals surface area contributed by atoms with Crippen molar-refractivity contribution in [3.8, 4) is 0 Å². The number of benzene rings is 2. The van der Waals surface area contributed by atoms with E-state index in [-0.39, 0.29) is 26.2 Å². The van der Waals surface area contributed by atoms with Crippen molar-refractivity contribution < 1.29 is 9.85 Å². The van der Waals surface area contributed by atoms with Crippen LogP contribution in [0.4, 0.5) is 11.4 Å². The molecule has 0 saturated carbocycles. The maximum Gasteiger partial charge on any atom is 0.295 e. The summed E-state index contributed by atoms with van der Waals surface area (Å²) in [5.74, 6) is 0. The van der Waals surface area contributed by atoms with Crippen LogP contribution in [0.3, 0.4) is 0 Å². The highest BCUT2D eigenvalue weighted by Gasteiger charge is 2.14. The average Bonchev–Trinajstić information content (AvgIpc) is 2.66. The molecule has 0 aliphatic carbocycles. The Labute approximate surface area is 184 Å². The summed E-state index contributed by atoms with van der Waals surface area (Å²) in [6.45, 7) is 3.63. The summed E-state index contributed by atoms with van der Waals surface area (Å²) in [6, 6.07) is 12.0. The molecule has 162 valence electrons. The number of aromatic nitrogens is 2. The van der Waals surface area contributed by atoms with Gasteiger partial charge in [-0.15, -0.1) is 0 Å². The molecule has 0 fully saturated rings. The lowest BCUT2D eigenvalue weighted by Gasteiger charge is -2.01. The Bertz CT molecular complexity index is 1260. The van der Waals surface area contributed by atoms with Crippen molar-refractivity contribution in [2.75, 3.05) is 0 Å². The van der Waals surface area contributed by atoms with Crippen LogP contribution in [0.1, 0.15) is 26.0 Å². The molecular weight excluding hydrogens is 420 g/mol. The average molecular weight is 443 g/mol. The Kier molecular flexibility index (Phi) is 8.52. The molecule has 31 heavy (non-hydrogen) atoms. The monoisotopic (exact) mass is 442 g/mol. The lowest BCUT2D eigenvalue weighted by Crippen LogP contribution is -1.92. The van der Waals surface area contributed by atoms with Gasteiger partial charge in [0, 0.05) is 35.3 Å². The van der Waals surface area contributed by atoms with Crippen LogP contribution in [-0.4, -0.2) is 19.8 Å². The van der Waals surface area contributed by atoms with Crippen molar-refractivity contribution in [3.63, 3.8) is 0 Å². The van der Waals surface area contributed by atoms with Gasteiger partial charge in [-0.2, -0.15) is 0 Å². The largest absolute Gasteiger partial charge is 0.295 e. The number of aryl methyl sites for hydroxylation is 2. The first-order valence-corrected chi connectivity index (χ1v) is 8.84. The van der Waals surface area contributed by atoms with Crippen molar-refractivity contribution in [3.05, 3.63) is 91.2 Å². The topological polar surface area (TPSA) is 112 Å². The summed E-state index contributed by atoms with van der Waals surface area (Å²) in [4.78, 5) is 28.7.